The number of nitrogens with zero attached hydrogens (tertiary/aromatic N) is 3. The number of ether oxygens (including phenoxy) is 3. The zero-order chi connectivity index (χ0) is 19.4. The van der Waals surface area contributed by atoms with E-state index >= 15 is 0 Å². The average molecular weight is 372 g/mol. The molecule has 1 saturated heterocycles. The fraction of sp³-hybridized carbons (Fsp3) is 0.333. The van der Waals surface area contributed by atoms with Crippen molar-refractivity contribution >= 4 is 23.2 Å². The molecule has 1 aliphatic heterocycles. The number of nitrogens with one attached hydrogen (secondary N) is 1. The van der Waals surface area contributed by atoms with Gasteiger partial charge in [0.15, 0.2) is 0 Å². The van der Waals surface area contributed by atoms with E-state index in [1.54, 1.807) is 36.3 Å². The van der Waals surface area contributed by atoms with Crippen LogP contribution in [0, 0.1) is 5.92 Å². The van der Waals surface area contributed by atoms with E-state index in [4.69, 9.17) is 14.2 Å². The van der Waals surface area contributed by atoms with Crippen LogP contribution in [0.2, 0.25) is 0 Å². The molecular formula is C18H20N4O5. The minimum atomic E-state index is -0.504. The molecule has 0 saturated carbocycles. The number of hydrogen-bond acceptors (Lipinski definition) is 7. The summed E-state index contributed by atoms with van der Waals surface area (Å²) in [4.78, 5) is 34.6. The lowest BCUT2D eigenvalue weighted by Crippen LogP contribution is -2.28. The van der Waals surface area contributed by atoms with Crippen LogP contribution in [0.25, 0.3) is 0 Å². The fourth-order valence-corrected chi connectivity index (χ4v) is 2.84. The summed E-state index contributed by atoms with van der Waals surface area (Å²) in [6.45, 7) is 0.275. The van der Waals surface area contributed by atoms with Crippen molar-refractivity contribution in [3.8, 4) is 17.6 Å². The normalized spacial score (nSPS) is 16.2. The highest BCUT2D eigenvalue weighted by molar-refractivity contribution is 6.03. The Morgan fingerprint density at radius 1 is 1.22 bits per heavy atom. The summed E-state index contributed by atoms with van der Waals surface area (Å²) in [6.07, 6.45) is 1.52. The van der Waals surface area contributed by atoms with Crippen molar-refractivity contribution in [1.82, 2.24) is 9.97 Å². The van der Waals surface area contributed by atoms with Gasteiger partial charge in [0.05, 0.1) is 33.4 Å². The summed E-state index contributed by atoms with van der Waals surface area (Å²) < 4.78 is 15.3. The zero-order valence-electron chi connectivity index (χ0n) is 15.3. The van der Waals surface area contributed by atoms with Gasteiger partial charge in [0.25, 0.3) is 0 Å². The second-order valence-corrected chi connectivity index (χ2v) is 5.88. The lowest BCUT2D eigenvalue weighted by Gasteiger charge is -2.17. The van der Waals surface area contributed by atoms with Gasteiger partial charge in [-0.2, -0.15) is 4.98 Å². The number of carbonyl (C=O) groups is 2. The smallest absolute Gasteiger partial charge is 0.319 e. The number of rotatable bonds is 6. The number of amides is 2. The van der Waals surface area contributed by atoms with Crippen LogP contribution in [0.5, 0.6) is 17.6 Å². The van der Waals surface area contributed by atoms with E-state index in [-0.39, 0.29) is 36.7 Å². The first-order chi connectivity index (χ1) is 13.0. The molecule has 1 fully saturated rings. The highest BCUT2D eigenvalue weighted by atomic mass is 16.5. The second-order valence-electron chi connectivity index (χ2n) is 5.88. The first kappa shape index (κ1) is 18.4. The molecule has 27 heavy (non-hydrogen) atoms. The molecule has 1 aromatic carbocycles. The molecule has 1 aliphatic rings. The molecule has 2 amide bonds. The standard InChI is InChI=1S/C18H20N4O5/c1-25-13-6-4-5-12(8-13)22-10-11(7-15(22)23)16(24)20-14-9-19-18(27-3)21-17(14)26-2/h4-6,8-9,11H,7,10H2,1-3H3,(H,20,24). The molecular weight excluding hydrogens is 352 g/mol. The predicted octanol–water partition coefficient (Wildman–Crippen LogP) is 1.49. The largest absolute Gasteiger partial charge is 0.497 e. The second kappa shape index (κ2) is 7.90. The molecule has 0 bridgehead atoms. The van der Waals surface area contributed by atoms with Crippen molar-refractivity contribution in [2.45, 2.75) is 6.42 Å². The Morgan fingerprint density at radius 3 is 2.74 bits per heavy atom. The first-order valence-corrected chi connectivity index (χ1v) is 8.26. The molecule has 3 rings (SSSR count). The lowest BCUT2D eigenvalue weighted by molar-refractivity contribution is -0.122. The summed E-state index contributed by atoms with van der Waals surface area (Å²) >= 11 is 0. The summed E-state index contributed by atoms with van der Waals surface area (Å²) in [7, 11) is 4.43. The Hall–Kier alpha value is -3.36. The van der Waals surface area contributed by atoms with Crippen LogP contribution in [0.4, 0.5) is 11.4 Å². The van der Waals surface area contributed by atoms with Crippen LogP contribution >= 0.6 is 0 Å². The van der Waals surface area contributed by atoms with Gasteiger partial charge in [0.1, 0.15) is 11.4 Å². The van der Waals surface area contributed by atoms with E-state index in [1.807, 2.05) is 0 Å². The number of anilines is 2. The molecule has 1 aromatic heterocycles. The van der Waals surface area contributed by atoms with Crippen molar-refractivity contribution in [1.29, 1.82) is 0 Å². The molecule has 2 aromatic rings. The van der Waals surface area contributed by atoms with E-state index in [9.17, 15) is 9.59 Å². The molecule has 9 nitrogen and oxygen atoms in total. The molecule has 9 heteroatoms. The summed E-state index contributed by atoms with van der Waals surface area (Å²) in [6, 6.07) is 7.29. The minimum Gasteiger partial charge on any atom is -0.497 e. The van der Waals surface area contributed by atoms with Crippen molar-refractivity contribution in [3.63, 3.8) is 0 Å². The van der Waals surface area contributed by atoms with Crippen LogP contribution < -0.4 is 24.4 Å². The maximum absolute atomic E-state index is 12.6. The van der Waals surface area contributed by atoms with Gasteiger partial charge in [-0.05, 0) is 12.1 Å². The third-order valence-electron chi connectivity index (χ3n) is 4.23. The van der Waals surface area contributed by atoms with Gasteiger partial charge in [-0.1, -0.05) is 6.07 Å². The number of aromatic nitrogens is 2. The van der Waals surface area contributed by atoms with Gasteiger partial charge < -0.3 is 24.4 Å². The van der Waals surface area contributed by atoms with E-state index in [0.717, 1.165) is 0 Å². The molecule has 142 valence electrons. The van der Waals surface area contributed by atoms with E-state index in [0.29, 0.717) is 17.1 Å². The molecule has 0 spiro atoms. The monoisotopic (exact) mass is 372 g/mol. The Bertz CT molecular complexity index is 857. The third-order valence-corrected chi connectivity index (χ3v) is 4.23. The Balaban J connectivity index is 1.72. The van der Waals surface area contributed by atoms with Gasteiger partial charge in [0.2, 0.25) is 17.7 Å². The zero-order valence-corrected chi connectivity index (χ0v) is 15.3. The van der Waals surface area contributed by atoms with Crippen LogP contribution in [-0.2, 0) is 9.59 Å². The highest BCUT2D eigenvalue weighted by Gasteiger charge is 2.35. The lowest BCUT2D eigenvalue weighted by atomic mass is 10.1. The highest BCUT2D eigenvalue weighted by Crippen LogP contribution is 2.29. The molecule has 0 aliphatic carbocycles. The summed E-state index contributed by atoms with van der Waals surface area (Å²) in [5.74, 6) is -0.102. The van der Waals surface area contributed by atoms with Crippen LogP contribution in [0.1, 0.15) is 6.42 Å². The van der Waals surface area contributed by atoms with E-state index in [1.165, 1.54) is 20.4 Å². The Labute approximate surface area is 156 Å². The molecule has 2 heterocycles. The maximum Gasteiger partial charge on any atom is 0.319 e. The Morgan fingerprint density at radius 2 is 2.04 bits per heavy atom. The van der Waals surface area contributed by atoms with Crippen molar-refractivity contribution in [2.75, 3.05) is 38.1 Å². The van der Waals surface area contributed by atoms with Gasteiger partial charge in [-0.15, -0.1) is 0 Å². The van der Waals surface area contributed by atoms with Crippen LogP contribution in [0.15, 0.2) is 30.5 Å². The van der Waals surface area contributed by atoms with Gasteiger partial charge in [-0.25, -0.2) is 4.98 Å². The van der Waals surface area contributed by atoms with Crippen molar-refractivity contribution < 1.29 is 23.8 Å². The SMILES string of the molecule is COc1cccc(N2CC(C(=O)Nc3cnc(OC)nc3OC)CC2=O)c1. The van der Waals surface area contributed by atoms with Gasteiger partial charge in [0, 0.05) is 24.7 Å². The van der Waals surface area contributed by atoms with Crippen molar-refractivity contribution in [3.05, 3.63) is 30.5 Å². The number of carbonyl (C=O) groups excluding carboxylic acids is 2. The van der Waals surface area contributed by atoms with Crippen LogP contribution in [0.3, 0.4) is 0 Å². The third kappa shape index (κ3) is 3.91. The first-order valence-electron chi connectivity index (χ1n) is 8.26. The number of methoxy groups -OCH3 is 3. The molecule has 1 unspecified atom stereocenters. The Kier molecular flexibility index (Phi) is 5.39. The molecule has 1 atom stereocenters. The van der Waals surface area contributed by atoms with Crippen LogP contribution in [-0.4, -0.2) is 49.7 Å². The van der Waals surface area contributed by atoms with Gasteiger partial charge in [-0.3, -0.25) is 9.59 Å². The fourth-order valence-electron chi connectivity index (χ4n) is 2.84. The molecule has 1 N–H and O–H groups in total. The quantitative estimate of drug-likeness (QED) is 0.819. The number of benzene rings is 1. The molecule has 0 radical (unpaired) electrons. The van der Waals surface area contributed by atoms with E-state index < -0.39 is 5.92 Å². The maximum atomic E-state index is 12.6. The summed E-state index contributed by atoms with van der Waals surface area (Å²) in [5, 5.41) is 2.72. The number of hydrogen-bond donors (Lipinski definition) is 1. The van der Waals surface area contributed by atoms with Gasteiger partial charge >= 0.3 is 6.01 Å². The average Bonchev–Trinajstić information content (AvgIpc) is 3.10. The van der Waals surface area contributed by atoms with Crippen molar-refractivity contribution in [2.24, 2.45) is 5.92 Å². The predicted molar refractivity (Wildman–Crippen MR) is 97.2 cm³/mol. The minimum absolute atomic E-state index is 0.113. The summed E-state index contributed by atoms with van der Waals surface area (Å²) in [5.41, 5.74) is 1.01. The topological polar surface area (TPSA) is 103 Å². The van der Waals surface area contributed by atoms with E-state index in [2.05, 4.69) is 15.3 Å².